The predicted octanol–water partition coefficient (Wildman–Crippen LogP) is 0.0288. The van der Waals surface area contributed by atoms with E-state index in [0.29, 0.717) is 11.6 Å². The summed E-state index contributed by atoms with van der Waals surface area (Å²) in [4.78, 5) is 23.8. The smallest absolute Gasteiger partial charge is 0.273 e. The number of hydrogen-bond acceptors (Lipinski definition) is 6. The molecule has 1 aromatic heterocycles. The van der Waals surface area contributed by atoms with E-state index in [2.05, 4.69) is 15.8 Å². The van der Waals surface area contributed by atoms with Crippen LogP contribution in [0.5, 0.6) is 0 Å². The van der Waals surface area contributed by atoms with E-state index in [1.807, 2.05) is 0 Å². The lowest BCUT2D eigenvalue weighted by atomic mass is 9.91. The van der Waals surface area contributed by atoms with Crippen molar-refractivity contribution in [2.45, 2.75) is 62.6 Å². The Morgan fingerprint density at radius 2 is 1.83 bits per heavy atom. The second kappa shape index (κ2) is 7.31. The van der Waals surface area contributed by atoms with Crippen LogP contribution in [0.25, 0.3) is 0 Å². The molecule has 2 fully saturated rings. The Labute approximate surface area is 140 Å². The molecular formula is C16H24N4O4. The Balaban J connectivity index is 1.43. The van der Waals surface area contributed by atoms with Gasteiger partial charge < -0.3 is 26.0 Å². The number of carbonyl (C=O) groups is 2. The zero-order valence-electron chi connectivity index (χ0n) is 13.5. The highest BCUT2D eigenvalue weighted by Crippen LogP contribution is 2.40. The summed E-state index contributed by atoms with van der Waals surface area (Å²) in [7, 11) is 0. The minimum absolute atomic E-state index is 0.0142. The lowest BCUT2D eigenvalue weighted by molar-refractivity contribution is -0.129. The summed E-state index contributed by atoms with van der Waals surface area (Å²) >= 11 is 0. The maximum atomic E-state index is 12.2. The van der Waals surface area contributed by atoms with Gasteiger partial charge in [0.25, 0.3) is 5.91 Å². The fourth-order valence-electron chi connectivity index (χ4n) is 3.00. The van der Waals surface area contributed by atoms with Gasteiger partial charge in [-0.2, -0.15) is 0 Å². The molecule has 1 heterocycles. The average molecular weight is 336 g/mol. The zero-order chi connectivity index (χ0) is 17.1. The molecule has 1 aromatic rings. The highest BCUT2D eigenvalue weighted by atomic mass is 16.5. The van der Waals surface area contributed by atoms with Gasteiger partial charge in [-0.15, -0.1) is 0 Å². The van der Waals surface area contributed by atoms with Crippen molar-refractivity contribution in [1.82, 2.24) is 15.8 Å². The fourth-order valence-corrected chi connectivity index (χ4v) is 3.00. The predicted molar refractivity (Wildman–Crippen MR) is 85.2 cm³/mol. The number of nitrogens with zero attached hydrogens (tertiary/aromatic N) is 1. The Bertz CT molecular complexity index is 591. The molecule has 2 aliphatic carbocycles. The Hall–Kier alpha value is -1.93. The molecular weight excluding hydrogens is 312 g/mol. The van der Waals surface area contributed by atoms with Crippen molar-refractivity contribution in [2.24, 2.45) is 5.73 Å². The van der Waals surface area contributed by atoms with Gasteiger partial charge in [-0.25, -0.2) is 0 Å². The van der Waals surface area contributed by atoms with Crippen LogP contribution in [0, 0.1) is 0 Å². The van der Waals surface area contributed by atoms with Crippen LogP contribution in [-0.2, 0) is 4.79 Å². The number of rotatable bonds is 6. The van der Waals surface area contributed by atoms with Crippen molar-refractivity contribution in [1.29, 1.82) is 0 Å². The third kappa shape index (κ3) is 4.12. The van der Waals surface area contributed by atoms with Gasteiger partial charge in [0.2, 0.25) is 5.91 Å². The molecule has 0 aromatic carbocycles. The molecule has 0 aliphatic heterocycles. The highest BCUT2D eigenvalue weighted by Gasteiger charge is 2.30. The topological polar surface area (TPSA) is 130 Å². The molecule has 0 bridgehead atoms. The summed E-state index contributed by atoms with van der Waals surface area (Å²) in [5.74, 6) is 0.587. The molecule has 3 rings (SSSR count). The molecule has 132 valence electrons. The molecule has 1 unspecified atom stereocenters. The number of amides is 2. The second-order valence-corrected chi connectivity index (χ2v) is 6.67. The van der Waals surface area contributed by atoms with Gasteiger partial charge in [0.15, 0.2) is 5.69 Å². The molecule has 0 saturated heterocycles. The third-order valence-electron chi connectivity index (χ3n) is 4.68. The Kier molecular flexibility index (Phi) is 5.15. The summed E-state index contributed by atoms with van der Waals surface area (Å²) in [6.45, 7) is -0.0855. The summed E-state index contributed by atoms with van der Waals surface area (Å²) in [6, 6.07) is 1.80. The van der Waals surface area contributed by atoms with Crippen LogP contribution in [0.15, 0.2) is 10.6 Å². The zero-order valence-corrected chi connectivity index (χ0v) is 13.5. The molecule has 5 N–H and O–H groups in total. The summed E-state index contributed by atoms with van der Waals surface area (Å²) in [6.07, 6.45) is 4.08. The molecule has 8 heteroatoms. The van der Waals surface area contributed by atoms with Crippen LogP contribution in [0.3, 0.4) is 0 Å². The SMILES string of the molecule is NCC(O)C(=O)NC1CCC(NC(=O)c2cc(C3CC3)on2)CC1. The van der Waals surface area contributed by atoms with Gasteiger partial charge >= 0.3 is 0 Å². The maximum Gasteiger partial charge on any atom is 0.273 e. The van der Waals surface area contributed by atoms with Crippen LogP contribution in [0.2, 0.25) is 0 Å². The van der Waals surface area contributed by atoms with Crippen molar-refractivity contribution in [3.8, 4) is 0 Å². The van der Waals surface area contributed by atoms with Crippen LogP contribution in [-0.4, -0.2) is 46.8 Å². The number of carbonyl (C=O) groups excluding carboxylic acids is 2. The van der Waals surface area contributed by atoms with Crippen LogP contribution in [0.4, 0.5) is 0 Å². The monoisotopic (exact) mass is 336 g/mol. The maximum absolute atomic E-state index is 12.2. The van der Waals surface area contributed by atoms with Crippen molar-refractivity contribution in [2.75, 3.05) is 6.54 Å². The van der Waals surface area contributed by atoms with E-state index in [1.54, 1.807) is 6.07 Å². The normalized spacial score (nSPS) is 25.1. The van der Waals surface area contributed by atoms with Crippen molar-refractivity contribution < 1.29 is 19.2 Å². The number of aliphatic hydroxyl groups is 1. The van der Waals surface area contributed by atoms with E-state index in [1.165, 1.54) is 0 Å². The van der Waals surface area contributed by atoms with Crippen LogP contribution in [0.1, 0.15) is 60.7 Å². The van der Waals surface area contributed by atoms with E-state index < -0.39 is 12.0 Å². The van der Waals surface area contributed by atoms with Gasteiger partial charge in [0.05, 0.1) is 0 Å². The third-order valence-corrected chi connectivity index (χ3v) is 4.68. The molecule has 24 heavy (non-hydrogen) atoms. The first-order chi connectivity index (χ1) is 11.6. The van der Waals surface area contributed by atoms with Crippen molar-refractivity contribution >= 4 is 11.8 Å². The van der Waals surface area contributed by atoms with E-state index in [-0.39, 0.29) is 24.5 Å². The molecule has 2 aliphatic rings. The minimum atomic E-state index is -1.16. The number of nitrogens with two attached hydrogens (primary N) is 1. The highest BCUT2D eigenvalue weighted by molar-refractivity contribution is 5.92. The summed E-state index contributed by atoms with van der Waals surface area (Å²) < 4.78 is 5.20. The Morgan fingerprint density at radius 3 is 2.42 bits per heavy atom. The number of hydrogen-bond donors (Lipinski definition) is 4. The molecule has 2 saturated carbocycles. The van der Waals surface area contributed by atoms with E-state index in [9.17, 15) is 14.7 Å². The minimum Gasteiger partial charge on any atom is -0.382 e. The van der Waals surface area contributed by atoms with Crippen LogP contribution < -0.4 is 16.4 Å². The fraction of sp³-hybridized carbons (Fsp3) is 0.688. The lowest BCUT2D eigenvalue weighted by Gasteiger charge is -2.29. The average Bonchev–Trinajstić information content (AvgIpc) is 3.32. The van der Waals surface area contributed by atoms with Crippen LogP contribution >= 0.6 is 0 Å². The molecule has 2 amide bonds. The number of aliphatic hydroxyl groups excluding tert-OH is 1. The number of nitrogens with one attached hydrogen (secondary N) is 2. The largest absolute Gasteiger partial charge is 0.382 e. The van der Waals surface area contributed by atoms with Gasteiger partial charge in [0, 0.05) is 30.6 Å². The Morgan fingerprint density at radius 1 is 1.21 bits per heavy atom. The standard InChI is InChI=1S/C16H24N4O4/c17-8-13(21)16(23)19-11-5-3-10(4-6-11)18-15(22)12-7-14(24-20-12)9-1-2-9/h7,9-11,13,21H,1-6,8,17H2,(H,18,22)(H,19,23). The first-order valence-electron chi connectivity index (χ1n) is 8.52. The quantitative estimate of drug-likeness (QED) is 0.580. The molecule has 1 atom stereocenters. The van der Waals surface area contributed by atoms with Gasteiger partial charge in [-0.3, -0.25) is 9.59 Å². The molecule has 0 radical (unpaired) electrons. The first-order valence-corrected chi connectivity index (χ1v) is 8.52. The summed E-state index contributed by atoms with van der Waals surface area (Å²) in [5.41, 5.74) is 5.59. The first kappa shape index (κ1) is 16.9. The second-order valence-electron chi connectivity index (χ2n) is 6.67. The lowest BCUT2D eigenvalue weighted by Crippen LogP contribution is -2.47. The van der Waals surface area contributed by atoms with Crippen molar-refractivity contribution in [3.05, 3.63) is 17.5 Å². The molecule has 0 spiro atoms. The van der Waals surface area contributed by atoms with Gasteiger partial charge in [-0.1, -0.05) is 5.16 Å². The van der Waals surface area contributed by atoms with E-state index >= 15 is 0 Å². The van der Waals surface area contributed by atoms with Crippen molar-refractivity contribution in [3.63, 3.8) is 0 Å². The summed E-state index contributed by atoms with van der Waals surface area (Å²) in [5, 5.41) is 19.0. The van der Waals surface area contributed by atoms with E-state index in [4.69, 9.17) is 10.3 Å². The molecule has 8 nitrogen and oxygen atoms in total. The number of aromatic nitrogens is 1. The van der Waals surface area contributed by atoms with Gasteiger partial charge in [0.1, 0.15) is 11.9 Å². The van der Waals surface area contributed by atoms with Gasteiger partial charge in [-0.05, 0) is 38.5 Å². The van der Waals surface area contributed by atoms with E-state index in [0.717, 1.165) is 44.3 Å².